The number of carbonyl (C=O) groups is 4. The molecule has 2 fully saturated rings. The third kappa shape index (κ3) is 7.73. The summed E-state index contributed by atoms with van der Waals surface area (Å²) in [4.78, 5) is 61.5. The maximum absolute atomic E-state index is 13.3. The van der Waals surface area contributed by atoms with Crippen molar-refractivity contribution in [3.05, 3.63) is 35.9 Å². The van der Waals surface area contributed by atoms with Gasteiger partial charge in [0.2, 0.25) is 19.4 Å². The van der Waals surface area contributed by atoms with Crippen molar-refractivity contribution in [2.24, 2.45) is 0 Å². The smallest absolute Gasteiger partial charge is 0.439 e. The lowest BCUT2D eigenvalue weighted by Crippen LogP contribution is -2.72. The van der Waals surface area contributed by atoms with E-state index in [0.29, 0.717) is 5.56 Å². The molecule has 5 atom stereocenters. The minimum absolute atomic E-state index is 0.318. The minimum Gasteiger partial charge on any atom is -0.460 e. The van der Waals surface area contributed by atoms with E-state index in [1.165, 1.54) is 26.0 Å². The zero-order valence-electron chi connectivity index (χ0n) is 20.0. The van der Waals surface area contributed by atoms with E-state index in [1.54, 1.807) is 18.2 Å². The largest absolute Gasteiger partial charge is 0.460 e. The van der Waals surface area contributed by atoms with E-state index in [4.69, 9.17) is 74.3 Å². The minimum atomic E-state index is -1.89. The number of rotatable bonds is 8. The maximum Gasteiger partial charge on any atom is 0.439 e. The van der Waals surface area contributed by atoms with Crippen LogP contribution in [0.1, 0.15) is 25.5 Å². The molecular weight excluding hydrogens is 667 g/mol. The van der Waals surface area contributed by atoms with Gasteiger partial charge >= 0.3 is 12.1 Å². The van der Waals surface area contributed by atoms with E-state index in [1.807, 2.05) is 0 Å². The molecule has 11 nitrogen and oxygen atoms in total. The average molecular weight is 688 g/mol. The first-order valence-electron chi connectivity index (χ1n) is 10.9. The normalized spacial score (nSPS) is 24.7. The molecule has 3 rings (SSSR count). The molecule has 0 radical (unpaired) electrons. The molecule has 0 aliphatic carbocycles. The summed E-state index contributed by atoms with van der Waals surface area (Å²) in [7, 11) is -1.82. The molecule has 0 saturated carbocycles. The monoisotopic (exact) mass is 685 g/mol. The number of fused-ring (bicyclic) bond motifs is 1. The molecule has 2 aliphatic heterocycles. The highest BCUT2D eigenvalue weighted by molar-refractivity contribution is 7.87. The van der Waals surface area contributed by atoms with Gasteiger partial charge in [-0.2, -0.15) is 4.89 Å². The van der Waals surface area contributed by atoms with E-state index in [0.717, 1.165) is 4.90 Å². The lowest BCUT2D eigenvalue weighted by Gasteiger charge is -2.43. The van der Waals surface area contributed by atoms with E-state index >= 15 is 0 Å². The molecule has 39 heavy (non-hydrogen) atoms. The summed E-state index contributed by atoms with van der Waals surface area (Å²) < 4.78 is 13.3. The highest BCUT2D eigenvalue weighted by Crippen LogP contribution is 2.44. The highest BCUT2D eigenvalue weighted by Gasteiger charge is 2.68. The number of hydrogen-bond acceptors (Lipinski definition) is 8. The van der Waals surface area contributed by atoms with Crippen LogP contribution in [0.25, 0.3) is 0 Å². The first-order valence-corrected chi connectivity index (χ1v) is 14.4. The number of hydrogen-bond donors (Lipinski definition) is 2. The summed E-state index contributed by atoms with van der Waals surface area (Å²) in [6, 6.07) is 4.08. The Kier molecular flexibility index (Phi) is 10.2. The predicted octanol–water partition coefficient (Wildman–Crippen LogP) is 3.23. The molecule has 1 aromatic rings. The van der Waals surface area contributed by atoms with Crippen molar-refractivity contribution < 1.29 is 37.9 Å². The summed E-state index contributed by atoms with van der Waals surface area (Å²) in [6.45, 7) is 1.84. The predicted molar refractivity (Wildman–Crippen MR) is 145 cm³/mol. The van der Waals surface area contributed by atoms with Crippen molar-refractivity contribution >= 4 is 104 Å². The van der Waals surface area contributed by atoms with Crippen LogP contribution in [-0.2, 0) is 39.7 Å². The number of nitrogens with one attached hydrogen (secondary N) is 2. The zero-order chi connectivity index (χ0) is 29.3. The SMILES string of the molecule is CC1(C)C(C(=O)OCC(Cl)(Cl)Cl)N2C(=O)C(NC(=O)C(NC(=O)OOCC(Cl)(Cl)Cl)c3ccccc3)[C@H]2S1=O. The van der Waals surface area contributed by atoms with Gasteiger partial charge < -0.3 is 20.3 Å². The van der Waals surface area contributed by atoms with Gasteiger partial charge in [0.25, 0.3) is 0 Å². The molecule has 1 aromatic carbocycles. The van der Waals surface area contributed by atoms with Crippen molar-refractivity contribution in [2.75, 3.05) is 13.2 Å². The molecule has 0 bridgehead atoms. The van der Waals surface area contributed by atoms with Crippen LogP contribution >= 0.6 is 69.6 Å². The number of ether oxygens (including phenoxy) is 1. The van der Waals surface area contributed by atoms with Crippen molar-refractivity contribution in [3.63, 3.8) is 0 Å². The Morgan fingerprint density at radius 2 is 1.64 bits per heavy atom. The van der Waals surface area contributed by atoms with Crippen LogP contribution in [0.5, 0.6) is 0 Å². The number of alkyl halides is 6. The standard InChI is InChI=1S/C21H21Cl6N3O8S/c1-19(2)13(17(33)36-8-20(22,23)24)30-15(32)12(16(30)39(19)35)28-14(31)11(10-6-4-3-5-7-10)29-18(34)38-37-9-21(25,26)27/h3-7,11-13,16H,8-9H2,1-2H3,(H,28,31)(H,29,34)/t11?,12?,13?,16-,39?/m1/s1. The third-order valence-corrected chi connectivity index (χ3v) is 8.52. The van der Waals surface area contributed by atoms with Crippen LogP contribution in [0.15, 0.2) is 30.3 Å². The van der Waals surface area contributed by atoms with Crippen molar-refractivity contribution in [3.8, 4) is 0 Å². The van der Waals surface area contributed by atoms with E-state index in [2.05, 4.69) is 20.4 Å². The van der Waals surface area contributed by atoms with Crippen molar-refractivity contribution in [1.82, 2.24) is 15.5 Å². The first kappa shape index (κ1) is 32.3. The summed E-state index contributed by atoms with van der Waals surface area (Å²) in [5, 5.41) is 3.73. The van der Waals surface area contributed by atoms with Crippen LogP contribution in [0.3, 0.4) is 0 Å². The van der Waals surface area contributed by atoms with Crippen LogP contribution < -0.4 is 10.6 Å². The fraction of sp³-hybridized carbons (Fsp3) is 0.524. The number of β-lactam (4-membered cyclic amide) rings is 1. The van der Waals surface area contributed by atoms with Crippen molar-refractivity contribution in [2.45, 2.75) is 49.7 Å². The summed E-state index contributed by atoms with van der Waals surface area (Å²) >= 11 is 33.5. The Bertz CT molecular complexity index is 1150. The number of amides is 3. The van der Waals surface area contributed by atoms with Crippen LogP contribution in [0, 0.1) is 0 Å². The van der Waals surface area contributed by atoms with Gasteiger partial charge in [-0.3, -0.25) is 18.7 Å². The van der Waals surface area contributed by atoms with Gasteiger partial charge in [-0.25, -0.2) is 9.59 Å². The van der Waals surface area contributed by atoms with E-state index in [-0.39, 0.29) is 0 Å². The Balaban J connectivity index is 1.74. The summed E-state index contributed by atoms with van der Waals surface area (Å²) in [5.41, 5.74) is 0.318. The number of carbonyl (C=O) groups excluding carboxylic acids is 4. The van der Waals surface area contributed by atoms with Crippen LogP contribution in [-0.4, -0.2) is 76.0 Å². The van der Waals surface area contributed by atoms with Crippen LogP contribution in [0.4, 0.5) is 4.79 Å². The molecule has 0 aromatic heterocycles. The van der Waals surface area contributed by atoms with Crippen LogP contribution in [0.2, 0.25) is 0 Å². The Morgan fingerprint density at radius 3 is 2.21 bits per heavy atom. The van der Waals surface area contributed by atoms with Gasteiger partial charge in [0, 0.05) is 0 Å². The quantitative estimate of drug-likeness (QED) is 0.140. The molecule has 3 amide bonds. The van der Waals surface area contributed by atoms with Gasteiger partial charge in [-0.15, -0.1) is 0 Å². The lowest BCUT2D eigenvalue weighted by atomic mass is 9.95. The molecule has 2 aliphatic rings. The Hall–Kier alpha value is -1.25. The number of esters is 1. The molecule has 2 saturated heterocycles. The second-order valence-corrected chi connectivity index (χ2v) is 16.0. The topological polar surface area (TPSA) is 140 Å². The fourth-order valence-electron chi connectivity index (χ4n) is 3.98. The maximum atomic E-state index is 13.3. The number of halogens is 6. The second kappa shape index (κ2) is 12.3. The molecule has 18 heteroatoms. The van der Waals surface area contributed by atoms with Gasteiger partial charge in [0.15, 0.2) is 0 Å². The molecule has 4 unspecified atom stereocenters. The molecule has 216 valence electrons. The summed E-state index contributed by atoms with van der Waals surface area (Å²) in [6.07, 6.45) is -1.20. The first-order chi connectivity index (χ1) is 17.9. The molecule has 2 heterocycles. The van der Waals surface area contributed by atoms with Gasteiger partial charge in [0.1, 0.15) is 36.7 Å². The average Bonchev–Trinajstić information content (AvgIpc) is 3.01. The molecule has 0 spiro atoms. The van der Waals surface area contributed by atoms with Gasteiger partial charge in [-0.1, -0.05) is 99.9 Å². The third-order valence-electron chi connectivity index (χ3n) is 5.67. The zero-order valence-corrected chi connectivity index (χ0v) is 25.4. The second-order valence-electron chi connectivity index (χ2n) is 8.88. The number of nitrogens with zero attached hydrogens (tertiary/aromatic N) is 1. The molecule has 2 N–H and O–H groups in total. The van der Waals surface area contributed by atoms with Gasteiger partial charge in [-0.05, 0) is 19.4 Å². The fourth-order valence-corrected chi connectivity index (χ4v) is 6.19. The summed E-state index contributed by atoms with van der Waals surface area (Å²) in [5.74, 6) is -2.44. The lowest BCUT2D eigenvalue weighted by molar-refractivity contribution is -0.237. The Morgan fingerprint density at radius 1 is 1.05 bits per heavy atom. The van der Waals surface area contributed by atoms with Crippen molar-refractivity contribution in [1.29, 1.82) is 0 Å². The van der Waals surface area contributed by atoms with E-state index in [9.17, 15) is 23.4 Å². The highest BCUT2D eigenvalue weighted by atomic mass is 35.6. The Labute approximate surface area is 255 Å². The van der Waals surface area contributed by atoms with Gasteiger partial charge in [0.05, 0.1) is 15.5 Å². The number of benzene rings is 1. The molecular formula is C21H21Cl6N3O8S. The van der Waals surface area contributed by atoms with E-state index < -0.39 is 83.7 Å².